The zero-order chi connectivity index (χ0) is 21.3. The first kappa shape index (κ1) is 21.6. The van der Waals surface area contributed by atoms with E-state index in [4.69, 9.17) is 14.2 Å². The third-order valence-electron chi connectivity index (χ3n) is 4.46. The van der Waals surface area contributed by atoms with Gasteiger partial charge in [0.15, 0.2) is 18.1 Å². The zero-order valence-corrected chi connectivity index (χ0v) is 17.8. The van der Waals surface area contributed by atoms with Crippen molar-refractivity contribution in [2.45, 2.75) is 20.1 Å². The van der Waals surface area contributed by atoms with Crippen LogP contribution >= 0.6 is 11.3 Å². The van der Waals surface area contributed by atoms with Gasteiger partial charge >= 0.3 is 0 Å². The summed E-state index contributed by atoms with van der Waals surface area (Å²) in [5.41, 5.74) is 0.923. The van der Waals surface area contributed by atoms with E-state index in [-0.39, 0.29) is 18.3 Å². The third kappa shape index (κ3) is 5.97. The zero-order valence-electron chi connectivity index (χ0n) is 17.0. The Balaban J connectivity index is 1.59. The van der Waals surface area contributed by atoms with E-state index in [1.165, 1.54) is 24.3 Å². The average molecular weight is 430 g/mol. The third-order valence-corrected chi connectivity index (χ3v) is 5.31. The Labute approximate surface area is 179 Å². The van der Waals surface area contributed by atoms with Crippen LogP contribution in [0.5, 0.6) is 17.2 Å². The van der Waals surface area contributed by atoms with Crippen molar-refractivity contribution < 1.29 is 23.4 Å². The number of nitrogens with zero attached hydrogens (tertiary/aromatic N) is 1. The van der Waals surface area contributed by atoms with Gasteiger partial charge in [-0.05, 0) is 60.3 Å². The lowest BCUT2D eigenvalue weighted by atomic mass is 10.2. The maximum Gasteiger partial charge on any atom is 0.260 e. The molecule has 0 aliphatic carbocycles. The van der Waals surface area contributed by atoms with Crippen LogP contribution in [0.3, 0.4) is 0 Å². The number of likely N-dealkylation sites (N-methyl/N-ethyl adjacent to an activating group) is 1. The quantitative estimate of drug-likeness (QED) is 0.460. The van der Waals surface area contributed by atoms with Crippen LogP contribution in [0.15, 0.2) is 60.0 Å². The molecule has 7 heteroatoms. The molecule has 0 fully saturated rings. The van der Waals surface area contributed by atoms with Crippen molar-refractivity contribution in [3.05, 3.63) is 76.2 Å². The molecule has 5 nitrogen and oxygen atoms in total. The number of methoxy groups -OCH3 is 1. The number of carbonyl (C=O) groups excluding carboxylic acids is 1. The van der Waals surface area contributed by atoms with E-state index in [0.717, 1.165) is 10.4 Å². The van der Waals surface area contributed by atoms with Gasteiger partial charge in [0.1, 0.15) is 18.2 Å². The molecular weight excluding hydrogens is 405 g/mol. The highest BCUT2D eigenvalue weighted by atomic mass is 32.1. The van der Waals surface area contributed by atoms with Gasteiger partial charge in [-0.25, -0.2) is 4.39 Å². The van der Waals surface area contributed by atoms with Crippen LogP contribution in [0, 0.1) is 5.82 Å². The van der Waals surface area contributed by atoms with E-state index in [0.29, 0.717) is 36.9 Å². The fourth-order valence-electron chi connectivity index (χ4n) is 2.84. The molecule has 0 bridgehead atoms. The summed E-state index contributed by atoms with van der Waals surface area (Å²) >= 11 is 1.64. The minimum absolute atomic E-state index is 0.112. The number of benzene rings is 2. The van der Waals surface area contributed by atoms with Crippen molar-refractivity contribution in [2.75, 3.05) is 20.3 Å². The highest BCUT2D eigenvalue weighted by Crippen LogP contribution is 2.29. The first-order chi connectivity index (χ1) is 14.6. The largest absolute Gasteiger partial charge is 0.493 e. The van der Waals surface area contributed by atoms with Crippen LogP contribution in [-0.2, 0) is 17.9 Å². The van der Waals surface area contributed by atoms with Crippen LogP contribution in [0.25, 0.3) is 0 Å². The van der Waals surface area contributed by atoms with Gasteiger partial charge in [0.2, 0.25) is 0 Å². The SMILES string of the molecule is CCN(Cc1ccc(OCc2cccs2)c(OC)c1)C(=O)COc1ccc(F)cc1. The highest BCUT2D eigenvalue weighted by molar-refractivity contribution is 7.09. The van der Waals surface area contributed by atoms with Crippen molar-refractivity contribution >= 4 is 17.2 Å². The first-order valence-corrected chi connectivity index (χ1v) is 10.4. The number of ether oxygens (including phenoxy) is 3. The number of thiophene rings is 1. The van der Waals surface area contributed by atoms with Crippen molar-refractivity contribution in [1.29, 1.82) is 0 Å². The molecular formula is C23H24FNO4S. The predicted octanol–water partition coefficient (Wildman–Crippen LogP) is 4.90. The molecule has 0 N–H and O–H groups in total. The van der Waals surface area contributed by atoms with Gasteiger partial charge in [0, 0.05) is 18.0 Å². The van der Waals surface area contributed by atoms with Crippen LogP contribution in [-0.4, -0.2) is 31.1 Å². The molecule has 3 aromatic rings. The van der Waals surface area contributed by atoms with Crippen LogP contribution < -0.4 is 14.2 Å². The summed E-state index contributed by atoms with van der Waals surface area (Å²) in [7, 11) is 1.59. The summed E-state index contributed by atoms with van der Waals surface area (Å²) in [6.45, 7) is 3.23. The summed E-state index contributed by atoms with van der Waals surface area (Å²) < 4.78 is 29.8. The number of hydrogen-bond donors (Lipinski definition) is 0. The second-order valence-corrected chi connectivity index (χ2v) is 7.54. The molecule has 158 valence electrons. The van der Waals surface area contributed by atoms with E-state index in [9.17, 15) is 9.18 Å². The molecule has 0 saturated carbocycles. The normalized spacial score (nSPS) is 10.5. The maximum absolute atomic E-state index is 13.0. The second kappa shape index (κ2) is 10.6. The lowest BCUT2D eigenvalue weighted by Crippen LogP contribution is -2.34. The Bertz CT molecular complexity index is 944. The van der Waals surface area contributed by atoms with Crippen LogP contribution in [0.4, 0.5) is 4.39 Å². The summed E-state index contributed by atoms with van der Waals surface area (Å²) in [4.78, 5) is 15.4. The topological polar surface area (TPSA) is 48.0 Å². The minimum atomic E-state index is -0.347. The van der Waals surface area contributed by atoms with Gasteiger partial charge in [-0.15, -0.1) is 11.3 Å². The van der Waals surface area contributed by atoms with Crippen LogP contribution in [0.2, 0.25) is 0 Å². The monoisotopic (exact) mass is 429 g/mol. The number of carbonyl (C=O) groups is 1. The maximum atomic E-state index is 13.0. The number of halogens is 1. The minimum Gasteiger partial charge on any atom is -0.493 e. The number of hydrogen-bond acceptors (Lipinski definition) is 5. The highest BCUT2D eigenvalue weighted by Gasteiger charge is 2.15. The molecule has 1 heterocycles. The van der Waals surface area contributed by atoms with E-state index in [1.54, 1.807) is 23.3 Å². The summed E-state index contributed by atoms with van der Waals surface area (Å²) in [6, 6.07) is 15.2. The van der Waals surface area contributed by atoms with Gasteiger partial charge in [-0.3, -0.25) is 4.79 Å². The van der Waals surface area contributed by atoms with Crippen molar-refractivity contribution in [3.8, 4) is 17.2 Å². The molecule has 2 aromatic carbocycles. The molecule has 30 heavy (non-hydrogen) atoms. The molecule has 0 spiro atoms. The van der Waals surface area contributed by atoms with Gasteiger partial charge in [0.05, 0.1) is 7.11 Å². The Kier molecular flexibility index (Phi) is 7.68. The van der Waals surface area contributed by atoms with E-state index in [2.05, 4.69) is 0 Å². The Morgan fingerprint density at radius 3 is 2.53 bits per heavy atom. The van der Waals surface area contributed by atoms with Crippen molar-refractivity contribution in [1.82, 2.24) is 4.90 Å². The summed E-state index contributed by atoms with van der Waals surface area (Å²) in [5.74, 6) is 1.23. The molecule has 3 rings (SSSR count). The average Bonchev–Trinajstić information content (AvgIpc) is 3.29. The Morgan fingerprint density at radius 2 is 1.87 bits per heavy atom. The summed E-state index contributed by atoms with van der Waals surface area (Å²) in [5, 5.41) is 2.01. The first-order valence-electron chi connectivity index (χ1n) is 9.57. The van der Waals surface area contributed by atoms with Gasteiger partial charge in [-0.1, -0.05) is 12.1 Å². The fourth-order valence-corrected chi connectivity index (χ4v) is 3.45. The van der Waals surface area contributed by atoms with E-state index < -0.39 is 0 Å². The second-order valence-electron chi connectivity index (χ2n) is 6.50. The Hall–Kier alpha value is -3.06. The number of amides is 1. The molecule has 1 aromatic heterocycles. The van der Waals surface area contributed by atoms with E-state index in [1.807, 2.05) is 42.6 Å². The lowest BCUT2D eigenvalue weighted by molar-refractivity contribution is -0.133. The molecule has 0 aliphatic heterocycles. The van der Waals surface area contributed by atoms with Crippen molar-refractivity contribution in [2.24, 2.45) is 0 Å². The molecule has 0 aliphatic rings. The predicted molar refractivity (Wildman–Crippen MR) is 115 cm³/mol. The smallest absolute Gasteiger partial charge is 0.260 e. The van der Waals surface area contributed by atoms with E-state index >= 15 is 0 Å². The fraction of sp³-hybridized carbons (Fsp3) is 0.261. The molecule has 0 unspecified atom stereocenters. The van der Waals surface area contributed by atoms with Gasteiger partial charge in [0.25, 0.3) is 5.91 Å². The van der Waals surface area contributed by atoms with Crippen LogP contribution in [0.1, 0.15) is 17.4 Å². The molecule has 0 atom stereocenters. The van der Waals surface area contributed by atoms with Crippen molar-refractivity contribution in [3.63, 3.8) is 0 Å². The molecule has 1 amide bonds. The van der Waals surface area contributed by atoms with Gasteiger partial charge in [-0.2, -0.15) is 0 Å². The lowest BCUT2D eigenvalue weighted by Gasteiger charge is -2.22. The molecule has 0 saturated heterocycles. The van der Waals surface area contributed by atoms with Gasteiger partial charge < -0.3 is 19.1 Å². The molecule has 0 radical (unpaired) electrons. The standard InChI is InChI=1S/C23H24FNO4S/c1-3-25(23(26)16-28-19-9-7-18(24)8-10-19)14-17-6-11-21(22(13-17)27-2)29-15-20-5-4-12-30-20/h4-13H,3,14-16H2,1-2H3. The number of rotatable bonds is 10. The Morgan fingerprint density at radius 1 is 1.07 bits per heavy atom. The summed E-state index contributed by atoms with van der Waals surface area (Å²) in [6.07, 6.45) is 0.